The quantitative estimate of drug-likeness (QED) is 0.878. The summed E-state index contributed by atoms with van der Waals surface area (Å²) in [5, 5.41) is 3.45. The molecule has 0 aliphatic carbocycles. The van der Waals surface area contributed by atoms with Crippen LogP contribution < -0.4 is 10.2 Å². The van der Waals surface area contributed by atoms with Gasteiger partial charge in [-0.3, -0.25) is 10.1 Å². The Balaban J connectivity index is 1.59. The molecule has 6 nitrogen and oxygen atoms in total. The minimum absolute atomic E-state index is 0.264. The van der Waals surface area contributed by atoms with Crippen molar-refractivity contribution in [2.75, 3.05) is 20.2 Å². The van der Waals surface area contributed by atoms with Crippen molar-refractivity contribution < 1.29 is 19.2 Å². The van der Waals surface area contributed by atoms with Gasteiger partial charge in [0, 0.05) is 18.8 Å². The number of thiazole rings is 1. The lowest BCUT2D eigenvalue weighted by atomic mass is 9.96. The van der Waals surface area contributed by atoms with Gasteiger partial charge in [-0.25, -0.2) is 9.78 Å². The number of imide groups is 1. The molecule has 1 saturated heterocycles. The summed E-state index contributed by atoms with van der Waals surface area (Å²) in [6.07, 6.45) is 1.31. The van der Waals surface area contributed by atoms with E-state index in [1.54, 1.807) is 11.3 Å². The van der Waals surface area contributed by atoms with Crippen LogP contribution in [0, 0.1) is 0 Å². The molecule has 1 aromatic heterocycles. The van der Waals surface area contributed by atoms with Crippen LogP contribution in [0.5, 0.6) is 0 Å². The standard InChI is InChI=1S/C17H21N3O3S/c1-11(15(21)19-17(22)23-2)20-9-7-12(8-10-20)16-18-13-5-3-4-6-14(13)24-16/h3-6,11-12H,7-10H2,1-2H3,(H,19,21,22)/p+1/t11-/m0/s1. The van der Waals surface area contributed by atoms with E-state index in [4.69, 9.17) is 4.98 Å². The maximum atomic E-state index is 12.0. The van der Waals surface area contributed by atoms with Crippen LogP contribution in [0.25, 0.3) is 10.2 Å². The SMILES string of the molecule is COC(=O)NC(=O)[C@H](C)[NH+]1CCC(c2nc3ccccc3s2)CC1. The molecular weight excluding hydrogens is 326 g/mol. The zero-order chi connectivity index (χ0) is 17.1. The van der Waals surface area contributed by atoms with Crippen molar-refractivity contribution in [1.82, 2.24) is 10.3 Å². The van der Waals surface area contributed by atoms with Crippen molar-refractivity contribution in [2.45, 2.75) is 31.7 Å². The average molecular weight is 348 g/mol. The number of aromatic nitrogens is 1. The number of rotatable bonds is 3. The van der Waals surface area contributed by atoms with Gasteiger partial charge in [0.15, 0.2) is 6.04 Å². The van der Waals surface area contributed by atoms with Crippen LogP contribution >= 0.6 is 11.3 Å². The topological polar surface area (TPSA) is 72.7 Å². The number of carbonyl (C=O) groups excluding carboxylic acids is 2. The number of hydrogen-bond acceptors (Lipinski definition) is 5. The largest absolute Gasteiger partial charge is 0.453 e. The van der Waals surface area contributed by atoms with Gasteiger partial charge in [-0.1, -0.05) is 12.1 Å². The lowest BCUT2D eigenvalue weighted by molar-refractivity contribution is -0.919. The molecule has 24 heavy (non-hydrogen) atoms. The molecule has 1 fully saturated rings. The number of piperidine rings is 1. The summed E-state index contributed by atoms with van der Waals surface area (Å²) in [4.78, 5) is 29.2. The Hall–Kier alpha value is -1.99. The van der Waals surface area contributed by atoms with Crippen LogP contribution in [-0.2, 0) is 9.53 Å². The number of amides is 2. The molecule has 2 heterocycles. The van der Waals surface area contributed by atoms with Gasteiger partial charge in [-0.2, -0.15) is 0 Å². The normalized spacial score (nSPS) is 22.1. The Morgan fingerprint density at radius 3 is 2.71 bits per heavy atom. The second-order valence-corrected chi connectivity index (χ2v) is 7.22. The zero-order valence-electron chi connectivity index (χ0n) is 13.9. The van der Waals surface area contributed by atoms with Gasteiger partial charge in [0.25, 0.3) is 5.91 Å². The van der Waals surface area contributed by atoms with Crippen LogP contribution in [0.15, 0.2) is 24.3 Å². The van der Waals surface area contributed by atoms with Gasteiger partial charge in [-0.05, 0) is 19.1 Å². The minimum atomic E-state index is -0.699. The number of carbonyl (C=O) groups is 2. The predicted molar refractivity (Wildman–Crippen MR) is 92.3 cm³/mol. The van der Waals surface area contributed by atoms with Crippen LogP contribution in [0.4, 0.5) is 4.79 Å². The number of alkyl carbamates (subject to hydrolysis) is 1. The van der Waals surface area contributed by atoms with Crippen molar-refractivity contribution in [1.29, 1.82) is 0 Å². The number of nitrogens with one attached hydrogen (secondary N) is 2. The van der Waals surface area contributed by atoms with E-state index in [2.05, 4.69) is 22.2 Å². The smallest absolute Gasteiger partial charge is 0.413 e. The highest BCUT2D eigenvalue weighted by atomic mass is 32.1. The Morgan fingerprint density at radius 2 is 2.04 bits per heavy atom. The number of likely N-dealkylation sites (tertiary alicyclic amines) is 1. The van der Waals surface area contributed by atoms with Gasteiger partial charge in [0.1, 0.15) is 0 Å². The van der Waals surface area contributed by atoms with E-state index in [0.29, 0.717) is 5.92 Å². The molecule has 0 bridgehead atoms. The summed E-state index contributed by atoms with van der Waals surface area (Å²) in [6, 6.07) is 7.95. The monoisotopic (exact) mass is 348 g/mol. The number of nitrogens with zero attached hydrogens (tertiary/aromatic N) is 1. The number of ether oxygens (including phenoxy) is 1. The third kappa shape index (κ3) is 3.57. The molecule has 0 unspecified atom stereocenters. The number of methoxy groups -OCH3 is 1. The molecule has 1 aromatic carbocycles. The second-order valence-electron chi connectivity index (χ2n) is 6.15. The van der Waals surface area contributed by atoms with Crippen LogP contribution in [0.2, 0.25) is 0 Å². The summed E-state index contributed by atoms with van der Waals surface area (Å²) in [6.45, 7) is 3.65. The average Bonchev–Trinajstić information content (AvgIpc) is 3.05. The number of fused-ring (bicyclic) bond motifs is 1. The summed E-state index contributed by atoms with van der Waals surface area (Å²) in [5.41, 5.74) is 1.07. The Labute approximate surface area is 144 Å². The number of quaternary nitrogens is 1. The third-order valence-corrected chi connectivity index (χ3v) is 5.90. The van der Waals surface area contributed by atoms with Crippen LogP contribution in [0.3, 0.4) is 0 Å². The molecule has 0 spiro atoms. The van der Waals surface area contributed by atoms with Crippen LogP contribution in [-0.4, -0.2) is 43.2 Å². The maximum Gasteiger partial charge on any atom is 0.413 e. The van der Waals surface area contributed by atoms with Gasteiger partial charge in [0.2, 0.25) is 0 Å². The van der Waals surface area contributed by atoms with Crippen molar-refractivity contribution in [3.8, 4) is 0 Å². The molecule has 7 heteroatoms. The molecule has 128 valence electrons. The lowest BCUT2D eigenvalue weighted by Gasteiger charge is -2.31. The predicted octanol–water partition coefficient (Wildman–Crippen LogP) is 1.33. The summed E-state index contributed by atoms with van der Waals surface area (Å²) in [7, 11) is 1.25. The van der Waals surface area contributed by atoms with E-state index in [1.807, 2.05) is 19.1 Å². The molecule has 2 amide bonds. The van der Waals surface area contributed by atoms with Crippen LogP contribution in [0.1, 0.15) is 30.7 Å². The first kappa shape index (κ1) is 16.9. The highest BCUT2D eigenvalue weighted by molar-refractivity contribution is 7.18. The summed E-state index contributed by atoms with van der Waals surface area (Å²) < 4.78 is 5.70. The molecule has 2 aromatic rings. The highest BCUT2D eigenvalue weighted by Crippen LogP contribution is 2.31. The number of benzene rings is 1. The molecule has 3 rings (SSSR count). The first-order valence-corrected chi connectivity index (χ1v) is 8.99. The Morgan fingerprint density at radius 1 is 1.33 bits per heavy atom. The fourth-order valence-electron chi connectivity index (χ4n) is 3.18. The van der Waals surface area contributed by atoms with E-state index in [9.17, 15) is 9.59 Å². The maximum absolute atomic E-state index is 12.0. The van der Waals surface area contributed by atoms with E-state index in [1.165, 1.54) is 21.7 Å². The first-order valence-electron chi connectivity index (χ1n) is 8.17. The molecule has 0 saturated carbocycles. The fraction of sp³-hybridized carbons (Fsp3) is 0.471. The molecule has 1 aliphatic heterocycles. The zero-order valence-corrected chi connectivity index (χ0v) is 14.7. The van der Waals surface area contributed by atoms with Gasteiger partial charge in [0.05, 0.1) is 35.4 Å². The Kier molecular flexibility index (Phi) is 5.11. The van der Waals surface area contributed by atoms with Crippen molar-refractivity contribution in [3.63, 3.8) is 0 Å². The molecule has 1 aliphatic rings. The van der Waals surface area contributed by atoms with Crippen molar-refractivity contribution >= 4 is 33.6 Å². The third-order valence-electron chi connectivity index (χ3n) is 4.70. The minimum Gasteiger partial charge on any atom is -0.453 e. The van der Waals surface area contributed by atoms with E-state index < -0.39 is 6.09 Å². The second kappa shape index (κ2) is 7.27. The van der Waals surface area contributed by atoms with E-state index in [-0.39, 0.29) is 11.9 Å². The Bertz CT molecular complexity index is 705. The fourth-order valence-corrected chi connectivity index (χ4v) is 4.32. The molecular formula is C17H22N3O3S+. The molecule has 2 N–H and O–H groups in total. The summed E-state index contributed by atoms with van der Waals surface area (Å²) in [5.74, 6) is 0.178. The van der Waals surface area contributed by atoms with E-state index >= 15 is 0 Å². The van der Waals surface area contributed by atoms with E-state index in [0.717, 1.165) is 31.4 Å². The summed E-state index contributed by atoms with van der Waals surface area (Å²) >= 11 is 1.77. The van der Waals surface area contributed by atoms with Gasteiger partial charge in [-0.15, -0.1) is 11.3 Å². The van der Waals surface area contributed by atoms with Crippen molar-refractivity contribution in [3.05, 3.63) is 29.3 Å². The number of hydrogen-bond donors (Lipinski definition) is 2. The van der Waals surface area contributed by atoms with Gasteiger partial charge >= 0.3 is 6.09 Å². The first-order chi connectivity index (χ1) is 11.6. The van der Waals surface area contributed by atoms with Gasteiger partial charge < -0.3 is 9.64 Å². The number of para-hydroxylation sites is 1. The van der Waals surface area contributed by atoms with Crippen molar-refractivity contribution in [2.24, 2.45) is 0 Å². The molecule has 1 atom stereocenters. The highest BCUT2D eigenvalue weighted by Gasteiger charge is 2.32. The lowest BCUT2D eigenvalue weighted by Crippen LogP contribution is -3.17. The molecule has 0 radical (unpaired) electrons.